The zero-order valence-corrected chi connectivity index (χ0v) is 26.7. The molecule has 0 bridgehead atoms. The molecule has 0 radical (unpaired) electrons. The molecule has 0 aliphatic carbocycles. The van der Waals surface area contributed by atoms with Crippen LogP contribution in [0.2, 0.25) is 0 Å². The van der Waals surface area contributed by atoms with Crippen molar-refractivity contribution in [2.75, 3.05) is 13.7 Å². The van der Waals surface area contributed by atoms with Gasteiger partial charge in [-0.05, 0) is 25.2 Å². The van der Waals surface area contributed by atoms with E-state index < -0.39 is 0 Å². The molecule has 0 aromatic carbocycles. The van der Waals surface area contributed by atoms with Gasteiger partial charge in [-0.2, -0.15) is 0 Å². The molecule has 0 rings (SSSR count). The van der Waals surface area contributed by atoms with E-state index in [4.69, 9.17) is 4.74 Å². The second-order valence-corrected chi connectivity index (χ2v) is 11.3. The predicted molar refractivity (Wildman–Crippen MR) is 167 cm³/mol. The highest BCUT2D eigenvalue weighted by atomic mass is 16.5. The van der Waals surface area contributed by atoms with Gasteiger partial charge in [-0.15, -0.1) is 0 Å². The van der Waals surface area contributed by atoms with Crippen LogP contribution in [0.4, 0.5) is 0 Å². The maximum Gasteiger partial charge on any atom is 0.305 e. The molecule has 1 atom stereocenters. The fourth-order valence-electron chi connectivity index (χ4n) is 4.77. The third-order valence-electron chi connectivity index (χ3n) is 7.49. The largest absolute Gasteiger partial charge is 0.465 e. The minimum atomic E-state index is -0.0449. The fourth-order valence-corrected chi connectivity index (χ4v) is 4.77. The molecule has 4 heteroatoms. The Morgan fingerprint density at radius 1 is 0.553 bits per heavy atom. The van der Waals surface area contributed by atoms with Crippen molar-refractivity contribution in [3.63, 3.8) is 0 Å². The van der Waals surface area contributed by atoms with Gasteiger partial charge >= 0.3 is 5.97 Å². The van der Waals surface area contributed by atoms with Crippen LogP contribution in [0.15, 0.2) is 0 Å². The normalized spacial score (nSPS) is 11.5. The summed E-state index contributed by atoms with van der Waals surface area (Å²) in [4.78, 5) is 22.3. The molecule has 0 saturated carbocycles. The SMILES string of the molecule is CCCCCCCCC(CCCCCC)COC(=O)CC.CCCCCCCCCCCCCC(=O)NC. The molecular formula is C34H69NO3. The molecule has 0 heterocycles. The Morgan fingerprint density at radius 2 is 0.921 bits per heavy atom. The van der Waals surface area contributed by atoms with E-state index in [-0.39, 0.29) is 11.9 Å². The quantitative estimate of drug-likeness (QED) is 0.0834. The van der Waals surface area contributed by atoms with Crippen LogP contribution in [0.25, 0.3) is 0 Å². The maximum atomic E-state index is 11.3. The van der Waals surface area contributed by atoms with Gasteiger partial charge in [-0.3, -0.25) is 9.59 Å². The number of ether oxygens (including phenoxy) is 1. The number of rotatable bonds is 27. The summed E-state index contributed by atoms with van der Waals surface area (Å²) >= 11 is 0. The summed E-state index contributed by atoms with van der Waals surface area (Å²) < 4.78 is 5.37. The predicted octanol–water partition coefficient (Wildman–Crippen LogP) is 10.7. The highest BCUT2D eigenvalue weighted by Crippen LogP contribution is 2.19. The Balaban J connectivity index is 0. The molecular weight excluding hydrogens is 470 g/mol. The monoisotopic (exact) mass is 540 g/mol. The zero-order valence-electron chi connectivity index (χ0n) is 26.7. The highest BCUT2D eigenvalue weighted by molar-refractivity contribution is 5.75. The molecule has 0 spiro atoms. The zero-order chi connectivity index (χ0) is 28.5. The lowest BCUT2D eigenvalue weighted by Crippen LogP contribution is -2.16. The van der Waals surface area contributed by atoms with Gasteiger partial charge in [0.2, 0.25) is 5.91 Å². The van der Waals surface area contributed by atoms with Gasteiger partial charge in [-0.25, -0.2) is 0 Å². The summed E-state index contributed by atoms with van der Waals surface area (Å²) in [5.74, 6) is 0.723. The number of hydrogen-bond donors (Lipinski definition) is 1. The second kappa shape index (κ2) is 34.0. The van der Waals surface area contributed by atoms with E-state index >= 15 is 0 Å². The summed E-state index contributed by atoms with van der Waals surface area (Å²) in [6.07, 6.45) is 31.6. The van der Waals surface area contributed by atoms with Crippen LogP contribution < -0.4 is 5.32 Å². The number of carbonyl (C=O) groups excluding carboxylic acids is 2. The number of esters is 1. The van der Waals surface area contributed by atoms with Gasteiger partial charge in [-0.1, -0.05) is 156 Å². The Hall–Kier alpha value is -1.06. The summed E-state index contributed by atoms with van der Waals surface area (Å²) in [5.41, 5.74) is 0. The molecule has 1 N–H and O–H groups in total. The number of nitrogens with one attached hydrogen (secondary N) is 1. The van der Waals surface area contributed by atoms with Crippen molar-refractivity contribution in [2.24, 2.45) is 5.92 Å². The molecule has 38 heavy (non-hydrogen) atoms. The van der Waals surface area contributed by atoms with Gasteiger partial charge in [0.05, 0.1) is 6.61 Å². The van der Waals surface area contributed by atoms with E-state index in [0.717, 1.165) is 6.42 Å². The summed E-state index contributed by atoms with van der Waals surface area (Å²) in [7, 11) is 1.71. The molecule has 228 valence electrons. The second-order valence-electron chi connectivity index (χ2n) is 11.3. The number of carbonyl (C=O) groups is 2. The summed E-state index contributed by atoms with van der Waals surface area (Å²) in [6, 6.07) is 0. The lowest BCUT2D eigenvalue weighted by atomic mass is 9.95. The van der Waals surface area contributed by atoms with E-state index in [1.165, 1.54) is 141 Å². The first-order chi connectivity index (χ1) is 18.5. The minimum absolute atomic E-state index is 0.0449. The molecule has 0 aliphatic rings. The van der Waals surface area contributed by atoms with Gasteiger partial charge in [0, 0.05) is 19.9 Å². The first-order valence-electron chi connectivity index (χ1n) is 16.9. The molecule has 0 aromatic rings. The lowest BCUT2D eigenvalue weighted by molar-refractivity contribution is -0.144. The van der Waals surface area contributed by atoms with E-state index in [2.05, 4.69) is 26.1 Å². The van der Waals surface area contributed by atoms with Gasteiger partial charge in [0.25, 0.3) is 0 Å². The molecule has 4 nitrogen and oxygen atoms in total. The summed E-state index contributed by atoms with van der Waals surface area (Å²) in [6.45, 7) is 9.28. The standard InChI is InChI=1S/C19H38O2.C15H31NO/c1-4-7-9-11-12-14-16-18(15-13-10-8-5-2)17-21-19(20)6-3;1-3-4-5-6-7-8-9-10-11-12-13-14-15(17)16-2/h18H,4-17H2,1-3H3;3-14H2,1-2H3,(H,16,17). The molecule has 0 aromatic heterocycles. The van der Waals surface area contributed by atoms with Crippen LogP contribution in [0, 0.1) is 5.92 Å². The molecule has 1 amide bonds. The minimum Gasteiger partial charge on any atom is -0.465 e. The molecule has 0 fully saturated rings. The average molecular weight is 540 g/mol. The first kappa shape index (κ1) is 39.1. The van der Waals surface area contributed by atoms with Gasteiger partial charge in [0.1, 0.15) is 0 Å². The third kappa shape index (κ3) is 33.0. The van der Waals surface area contributed by atoms with Crippen LogP contribution in [0.5, 0.6) is 0 Å². The topological polar surface area (TPSA) is 55.4 Å². The molecule has 0 saturated heterocycles. The van der Waals surface area contributed by atoms with E-state index in [9.17, 15) is 9.59 Å². The number of unbranched alkanes of at least 4 members (excludes halogenated alkanes) is 18. The van der Waals surface area contributed by atoms with Crippen LogP contribution in [-0.2, 0) is 14.3 Å². The number of hydrogen-bond acceptors (Lipinski definition) is 3. The van der Waals surface area contributed by atoms with Crippen molar-refractivity contribution < 1.29 is 14.3 Å². The Morgan fingerprint density at radius 3 is 1.32 bits per heavy atom. The number of amides is 1. The van der Waals surface area contributed by atoms with Crippen molar-refractivity contribution in [3.05, 3.63) is 0 Å². The maximum absolute atomic E-state index is 11.3. The van der Waals surface area contributed by atoms with Gasteiger partial charge in [0.15, 0.2) is 0 Å². The first-order valence-corrected chi connectivity index (χ1v) is 16.9. The van der Waals surface area contributed by atoms with Crippen molar-refractivity contribution in [3.8, 4) is 0 Å². The van der Waals surface area contributed by atoms with Gasteiger partial charge < -0.3 is 10.1 Å². The van der Waals surface area contributed by atoms with Crippen molar-refractivity contribution in [1.29, 1.82) is 0 Å². The Bertz CT molecular complexity index is 480. The molecule has 1 unspecified atom stereocenters. The van der Waals surface area contributed by atoms with Crippen molar-refractivity contribution >= 4 is 11.9 Å². The molecule has 0 aliphatic heterocycles. The van der Waals surface area contributed by atoms with E-state index in [1.807, 2.05) is 6.92 Å². The lowest BCUT2D eigenvalue weighted by Gasteiger charge is -2.17. The van der Waals surface area contributed by atoms with Crippen LogP contribution in [-0.4, -0.2) is 25.5 Å². The van der Waals surface area contributed by atoms with E-state index in [1.54, 1.807) is 7.05 Å². The van der Waals surface area contributed by atoms with E-state index in [0.29, 0.717) is 25.4 Å². The van der Waals surface area contributed by atoms with Crippen molar-refractivity contribution in [1.82, 2.24) is 5.32 Å². The third-order valence-corrected chi connectivity index (χ3v) is 7.49. The van der Waals surface area contributed by atoms with Crippen molar-refractivity contribution in [2.45, 2.75) is 188 Å². The highest BCUT2D eigenvalue weighted by Gasteiger charge is 2.11. The summed E-state index contributed by atoms with van der Waals surface area (Å²) in [5, 5.41) is 2.66. The van der Waals surface area contributed by atoms with Crippen LogP contribution in [0.3, 0.4) is 0 Å². The van der Waals surface area contributed by atoms with Crippen LogP contribution >= 0.6 is 0 Å². The fraction of sp³-hybridized carbons (Fsp3) is 0.941. The Kier molecular flexibility index (Phi) is 34.9. The average Bonchev–Trinajstić information content (AvgIpc) is 2.93. The smallest absolute Gasteiger partial charge is 0.305 e. The van der Waals surface area contributed by atoms with Crippen LogP contribution in [0.1, 0.15) is 188 Å². The Labute approximate surface area is 239 Å².